The van der Waals surface area contributed by atoms with Crippen molar-refractivity contribution in [3.63, 3.8) is 0 Å². The summed E-state index contributed by atoms with van der Waals surface area (Å²) < 4.78 is 30.1. The van der Waals surface area contributed by atoms with Gasteiger partial charge in [-0.05, 0) is 30.5 Å². The number of benzene rings is 2. The molecule has 31 heavy (non-hydrogen) atoms. The summed E-state index contributed by atoms with van der Waals surface area (Å²) in [7, 11) is 0. The number of azide groups is 1. The van der Waals surface area contributed by atoms with E-state index in [2.05, 4.69) is 10.0 Å². The van der Waals surface area contributed by atoms with Crippen LogP contribution >= 0.6 is 0 Å². The highest BCUT2D eigenvalue weighted by Gasteiger charge is 2.56. The summed E-state index contributed by atoms with van der Waals surface area (Å²) in [6.45, 7) is 4.71. The number of ether oxygens (including phenoxy) is 5. The molecule has 2 heterocycles. The molecule has 0 bridgehead atoms. The van der Waals surface area contributed by atoms with Crippen molar-refractivity contribution < 1.29 is 23.7 Å². The third-order valence-corrected chi connectivity index (χ3v) is 5.30. The molecule has 2 fully saturated rings. The van der Waals surface area contributed by atoms with E-state index in [9.17, 15) is 0 Å². The van der Waals surface area contributed by atoms with E-state index in [1.165, 1.54) is 0 Å². The van der Waals surface area contributed by atoms with E-state index in [0.717, 1.165) is 11.1 Å². The smallest absolute Gasteiger partial charge is 0.188 e. The zero-order valence-electron chi connectivity index (χ0n) is 17.7. The number of fused-ring (bicyclic) bond motifs is 1. The first-order chi connectivity index (χ1) is 15.1. The second-order valence-electron chi connectivity index (χ2n) is 8.10. The Morgan fingerprint density at radius 2 is 1.65 bits per heavy atom. The maximum atomic E-state index is 9.14. The minimum Gasteiger partial charge on any atom is -0.374 e. The van der Waals surface area contributed by atoms with Crippen LogP contribution < -0.4 is 0 Å². The van der Waals surface area contributed by atoms with Gasteiger partial charge in [-0.15, -0.1) is 0 Å². The minimum atomic E-state index is -0.798. The summed E-state index contributed by atoms with van der Waals surface area (Å²) in [6, 6.07) is 19.2. The lowest BCUT2D eigenvalue weighted by Crippen LogP contribution is -2.43. The molecule has 8 nitrogen and oxygen atoms in total. The molecule has 2 aromatic rings. The van der Waals surface area contributed by atoms with Gasteiger partial charge in [0, 0.05) is 4.91 Å². The lowest BCUT2D eigenvalue weighted by molar-refractivity contribution is -0.223. The van der Waals surface area contributed by atoms with Crippen LogP contribution in [0.1, 0.15) is 25.0 Å². The lowest BCUT2D eigenvalue weighted by atomic mass is 10.0. The molecule has 0 aromatic heterocycles. The number of nitrogens with zero attached hydrogens (tertiary/aromatic N) is 3. The number of hydrogen-bond donors (Lipinski definition) is 0. The van der Waals surface area contributed by atoms with Crippen molar-refractivity contribution in [3.05, 3.63) is 82.2 Å². The van der Waals surface area contributed by atoms with Crippen molar-refractivity contribution >= 4 is 0 Å². The summed E-state index contributed by atoms with van der Waals surface area (Å²) in [6.07, 6.45) is -2.14. The molecule has 0 spiro atoms. The van der Waals surface area contributed by atoms with Crippen LogP contribution in [0.5, 0.6) is 0 Å². The Hall–Kier alpha value is -2.45. The van der Waals surface area contributed by atoms with E-state index >= 15 is 0 Å². The zero-order chi connectivity index (χ0) is 21.7. The van der Waals surface area contributed by atoms with Crippen LogP contribution in [0.4, 0.5) is 0 Å². The maximum Gasteiger partial charge on any atom is 0.188 e. The molecular formula is C23H27N3O5. The summed E-state index contributed by atoms with van der Waals surface area (Å²) in [5.74, 6) is -0.798. The van der Waals surface area contributed by atoms with Gasteiger partial charge in [0.15, 0.2) is 12.1 Å². The molecule has 0 radical (unpaired) electrons. The second kappa shape index (κ2) is 9.78. The molecule has 2 aliphatic rings. The molecule has 4 rings (SSSR count). The molecule has 5 atom stereocenters. The average molecular weight is 425 g/mol. The molecule has 8 heteroatoms. The predicted molar refractivity (Wildman–Crippen MR) is 113 cm³/mol. The topological polar surface area (TPSA) is 94.9 Å². The first kappa shape index (κ1) is 21.8. The Balaban J connectivity index is 1.47. The van der Waals surface area contributed by atoms with Crippen LogP contribution in [0.15, 0.2) is 65.8 Å². The fourth-order valence-corrected chi connectivity index (χ4v) is 3.90. The summed E-state index contributed by atoms with van der Waals surface area (Å²) in [5, 5.41) is 3.97. The maximum absolute atomic E-state index is 9.14. The number of rotatable bonds is 9. The highest BCUT2D eigenvalue weighted by molar-refractivity contribution is 5.14. The quantitative estimate of drug-likeness (QED) is 0.338. The fourth-order valence-electron chi connectivity index (χ4n) is 3.90. The summed E-state index contributed by atoms with van der Waals surface area (Å²) in [4.78, 5) is 3.02. The van der Waals surface area contributed by atoms with Crippen LogP contribution in [-0.4, -0.2) is 43.0 Å². The predicted octanol–water partition coefficient (Wildman–Crippen LogP) is 4.34. The van der Waals surface area contributed by atoms with Gasteiger partial charge in [-0.25, -0.2) is 0 Å². The standard InChI is InChI=1S/C23H27N3O5/c1-23(2)30-21-19(25-26-24)20(29-22(21)31-23)18(28-14-17-11-7-4-8-12-17)15-27-13-16-9-5-3-6-10-16/h3-12,18-22H,13-15H2,1-2H3/t18-,19+,20-,21-,22-/m1/s1. The van der Waals surface area contributed by atoms with E-state index in [0.29, 0.717) is 13.2 Å². The van der Waals surface area contributed by atoms with Gasteiger partial charge in [0.2, 0.25) is 0 Å². The zero-order valence-corrected chi connectivity index (χ0v) is 17.7. The first-order valence-corrected chi connectivity index (χ1v) is 10.4. The van der Waals surface area contributed by atoms with Crippen molar-refractivity contribution in [1.29, 1.82) is 0 Å². The van der Waals surface area contributed by atoms with Gasteiger partial charge in [0.05, 0.1) is 25.9 Å². The van der Waals surface area contributed by atoms with Gasteiger partial charge < -0.3 is 23.7 Å². The highest BCUT2D eigenvalue weighted by atomic mass is 16.8. The molecule has 0 N–H and O–H groups in total. The highest BCUT2D eigenvalue weighted by Crippen LogP contribution is 2.40. The van der Waals surface area contributed by atoms with Crippen molar-refractivity contribution in [2.75, 3.05) is 6.61 Å². The van der Waals surface area contributed by atoms with Gasteiger partial charge >= 0.3 is 0 Å². The van der Waals surface area contributed by atoms with Crippen LogP contribution in [0, 0.1) is 0 Å². The van der Waals surface area contributed by atoms with Gasteiger partial charge in [-0.2, -0.15) is 0 Å². The molecule has 164 valence electrons. The lowest BCUT2D eigenvalue weighted by Gasteiger charge is -2.29. The summed E-state index contributed by atoms with van der Waals surface area (Å²) >= 11 is 0. The van der Waals surface area contributed by atoms with E-state index < -0.39 is 36.4 Å². The fraction of sp³-hybridized carbons (Fsp3) is 0.478. The molecule has 2 aliphatic heterocycles. The molecular weight excluding hydrogens is 398 g/mol. The minimum absolute atomic E-state index is 0.271. The van der Waals surface area contributed by atoms with Crippen LogP contribution in [0.2, 0.25) is 0 Å². The Labute approximate surface area is 181 Å². The van der Waals surface area contributed by atoms with Gasteiger partial charge in [-0.3, -0.25) is 0 Å². The van der Waals surface area contributed by atoms with E-state index in [1.54, 1.807) is 0 Å². The third kappa shape index (κ3) is 5.43. The molecule has 0 saturated carbocycles. The van der Waals surface area contributed by atoms with Gasteiger partial charge in [0.25, 0.3) is 0 Å². The monoisotopic (exact) mass is 425 g/mol. The molecule has 0 amide bonds. The van der Waals surface area contributed by atoms with Crippen molar-refractivity contribution in [2.45, 2.75) is 63.5 Å². The van der Waals surface area contributed by atoms with E-state index in [1.807, 2.05) is 74.5 Å². The largest absolute Gasteiger partial charge is 0.374 e. The average Bonchev–Trinajstić information content (AvgIpc) is 3.24. The van der Waals surface area contributed by atoms with Crippen molar-refractivity contribution in [3.8, 4) is 0 Å². The molecule has 2 aromatic carbocycles. The van der Waals surface area contributed by atoms with E-state index in [-0.39, 0.29) is 6.61 Å². The Morgan fingerprint density at radius 3 is 2.29 bits per heavy atom. The molecule has 0 unspecified atom stereocenters. The van der Waals surface area contributed by atoms with Gasteiger partial charge in [-0.1, -0.05) is 65.8 Å². The van der Waals surface area contributed by atoms with Gasteiger partial charge in [0.1, 0.15) is 18.3 Å². The second-order valence-corrected chi connectivity index (χ2v) is 8.10. The van der Waals surface area contributed by atoms with Crippen LogP contribution in [0.25, 0.3) is 10.4 Å². The normalized spacial score (nSPS) is 27.4. The molecule has 0 aliphatic carbocycles. The van der Waals surface area contributed by atoms with E-state index in [4.69, 9.17) is 29.2 Å². The van der Waals surface area contributed by atoms with Crippen molar-refractivity contribution in [2.24, 2.45) is 5.11 Å². The van der Waals surface area contributed by atoms with Crippen LogP contribution in [-0.2, 0) is 36.9 Å². The van der Waals surface area contributed by atoms with Crippen LogP contribution in [0.3, 0.4) is 0 Å². The first-order valence-electron chi connectivity index (χ1n) is 10.4. The summed E-state index contributed by atoms with van der Waals surface area (Å²) in [5.41, 5.74) is 11.2. The number of hydrogen-bond acceptors (Lipinski definition) is 6. The SMILES string of the molecule is CC1(C)O[C@H]2O[C@H]([C@@H](COCc3ccccc3)OCc3ccccc3)[C@H](N=[N+]=[N-])[C@H]2O1. The third-order valence-electron chi connectivity index (χ3n) is 5.30. The van der Waals surface area contributed by atoms with Crippen molar-refractivity contribution in [1.82, 2.24) is 0 Å². The molecule has 2 saturated heterocycles. The Kier molecular flexibility index (Phi) is 6.87. The Bertz CT molecular complexity index is 889. The Morgan fingerprint density at radius 1 is 1.00 bits per heavy atom.